The topological polar surface area (TPSA) is 91.7 Å². The molecule has 0 radical (unpaired) electrons. The number of ether oxygens (including phenoxy) is 3. The highest BCUT2D eigenvalue weighted by atomic mass is 16.8. The Kier molecular flexibility index (Phi) is 2.41. The first-order chi connectivity index (χ1) is 12.6. The molecule has 3 aromatic rings. The van der Waals surface area contributed by atoms with Crippen molar-refractivity contribution in [3.05, 3.63) is 59.7 Å². The summed E-state index contributed by atoms with van der Waals surface area (Å²) >= 11 is 0. The minimum atomic E-state index is -1.47. The molecule has 0 aromatic heterocycles. The number of benzene rings is 3. The minimum absolute atomic E-state index is 0.127. The van der Waals surface area contributed by atoms with Gasteiger partial charge in [-0.3, -0.25) is 0 Å². The summed E-state index contributed by atoms with van der Waals surface area (Å²) in [5.41, 5.74) is 0.380. The average Bonchev–Trinajstić information content (AvgIpc) is 3.44. The summed E-state index contributed by atoms with van der Waals surface area (Å²) in [6.07, 6.45) is -2.23. The second kappa shape index (κ2) is 4.41. The molecule has 1 fully saturated rings. The Hall–Kier alpha value is -2.96. The number of hydrogen-bond acceptors (Lipinski definition) is 6. The van der Waals surface area contributed by atoms with E-state index in [1.54, 1.807) is 0 Å². The minimum Gasteiger partial charge on any atom is -0.508 e. The molecule has 2 aliphatic heterocycles. The normalized spacial score (nSPS) is 26.6. The SMILES string of the molecule is Oc1ccc(O)c2c1[C@@H](O)[C@H]1O[C@H]1C21Oc2cccc3cccc(c23)O1. The van der Waals surface area contributed by atoms with E-state index >= 15 is 0 Å². The fraction of sp³-hybridized carbons (Fsp3) is 0.200. The van der Waals surface area contributed by atoms with Crippen LogP contribution in [-0.2, 0) is 10.5 Å². The number of phenols is 2. The predicted molar refractivity (Wildman–Crippen MR) is 90.3 cm³/mol. The summed E-state index contributed by atoms with van der Waals surface area (Å²) in [6.45, 7) is 0. The van der Waals surface area contributed by atoms with Crippen molar-refractivity contribution in [3.8, 4) is 23.0 Å². The van der Waals surface area contributed by atoms with Crippen LogP contribution in [0.25, 0.3) is 10.8 Å². The van der Waals surface area contributed by atoms with Gasteiger partial charge in [-0.25, -0.2) is 0 Å². The smallest absolute Gasteiger partial charge is 0.311 e. The quantitative estimate of drug-likeness (QED) is 0.426. The van der Waals surface area contributed by atoms with Crippen LogP contribution in [0.15, 0.2) is 48.5 Å². The van der Waals surface area contributed by atoms with Crippen molar-refractivity contribution in [2.24, 2.45) is 0 Å². The molecule has 3 atom stereocenters. The number of aliphatic hydroxyl groups excluding tert-OH is 1. The average molecular weight is 350 g/mol. The van der Waals surface area contributed by atoms with Crippen molar-refractivity contribution < 1.29 is 29.5 Å². The van der Waals surface area contributed by atoms with Gasteiger partial charge in [-0.1, -0.05) is 24.3 Å². The molecule has 1 saturated heterocycles. The molecule has 1 aliphatic carbocycles. The Morgan fingerprint density at radius 1 is 0.846 bits per heavy atom. The fourth-order valence-electron chi connectivity index (χ4n) is 4.25. The Morgan fingerprint density at radius 3 is 2.19 bits per heavy atom. The van der Waals surface area contributed by atoms with E-state index < -0.39 is 24.1 Å². The molecule has 26 heavy (non-hydrogen) atoms. The molecule has 0 unspecified atom stereocenters. The molecule has 3 aliphatic rings. The van der Waals surface area contributed by atoms with Gasteiger partial charge in [0, 0.05) is 5.56 Å². The molecule has 2 heterocycles. The largest absolute Gasteiger partial charge is 0.508 e. The highest BCUT2D eigenvalue weighted by Gasteiger charge is 2.69. The molecule has 3 N–H and O–H groups in total. The lowest BCUT2D eigenvalue weighted by Gasteiger charge is -2.41. The maximum absolute atomic E-state index is 10.6. The van der Waals surface area contributed by atoms with Gasteiger partial charge in [-0.15, -0.1) is 0 Å². The van der Waals surface area contributed by atoms with Crippen molar-refractivity contribution in [2.45, 2.75) is 24.1 Å². The van der Waals surface area contributed by atoms with Gasteiger partial charge in [-0.05, 0) is 29.7 Å². The molecule has 6 rings (SSSR count). The van der Waals surface area contributed by atoms with Gasteiger partial charge in [-0.2, -0.15) is 0 Å². The second-order valence-electron chi connectivity index (χ2n) is 6.84. The Balaban J connectivity index is 1.66. The highest BCUT2D eigenvalue weighted by molar-refractivity contribution is 5.94. The number of rotatable bonds is 0. The zero-order valence-electron chi connectivity index (χ0n) is 13.4. The third-order valence-electron chi connectivity index (χ3n) is 5.41. The molecule has 0 bridgehead atoms. The molecule has 0 amide bonds. The number of phenolic OH excluding ortho intramolecular Hbond substituents is 2. The first kappa shape index (κ1) is 14.2. The summed E-state index contributed by atoms with van der Waals surface area (Å²) in [4.78, 5) is 0. The van der Waals surface area contributed by atoms with Gasteiger partial charge in [0.15, 0.2) is 6.10 Å². The lowest BCUT2D eigenvalue weighted by Crippen LogP contribution is -2.50. The van der Waals surface area contributed by atoms with Crippen molar-refractivity contribution in [2.75, 3.05) is 0 Å². The zero-order valence-corrected chi connectivity index (χ0v) is 13.4. The molecule has 0 saturated carbocycles. The fourth-order valence-corrected chi connectivity index (χ4v) is 4.25. The van der Waals surface area contributed by atoms with Crippen LogP contribution >= 0.6 is 0 Å². The van der Waals surface area contributed by atoms with Crippen molar-refractivity contribution in [1.82, 2.24) is 0 Å². The number of aliphatic hydroxyl groups is 1. The third kappa shape index (κ3) is 1.54. The monoisotopic (exact) mass is 350 g/mol. The van der Waals surface area contributed by atoms with Crippen molar-refractivity contribution in [3.63, 3.8) is 0 Å². The maximum Gasteiger partial charge on any atom is 0.311 e. The van der Waals surface area contributed by atoms with Crippen LogP contribution in [0, 0.1) is 0 Å². The summed E-state index contributed by atoms with van der Waals surface area (Å²) in [5.74, 6) is -0.530. The maximum atomic E-state index is 10.6. The predicted octanol–water partition coefficient (Wildman–Crippen LogP) is 2.69. The van der Waals surface area contributed by atoms with Gasteiger partial charge in [0.05, 0.1) is 10.9 Å². The van der Waals surface area contributed by atoms with Crippen LogP contribution in [0.1, 0.15) is 17.2 Å². The second-order valence-corrected chi connectivity index (χ2v) is 6.84. The molecular weight excluding hydrogens is 336 g/mol. The lowest BCUT2D eigenvalue weighted by atomic mass is 9.82. The first-order valence-electron chi connectivity index (χ1n) is 8.39. The van der Waals surface area contributed by atoms with E-state index in [1.165, 1.54) is 12.1 Å². The Labute approximate surface area is 147 Å². The lowest BCUT2D eigenvalue weighted by molar-refractivity contribution is -0.149. The third-order valence-corrected chi connectivity index (χ3v) is 5.41. The number of aromatic hydroxyl groups is 2. The van der Waals surface area contributed by atoms with E-state index in [2.05, 4.69) is 0 Å². The standard InChI is InChI=1S/C20H14O6/c21-10-7-8-11(22)16-15(10)17(23)18-19(24-18)20(16)25-12-5-1-3-9-4-2-6-13(26-20)14(9)12/h1-8,17-19,21-23H/t17-,18-,19-/m1/s1. The molecular formula is C20H14O6. The van der Waals surface area contributed by atoms with Crippen molar-refractivity contribution >= 4 is 10.8 Å². The van der Waals surface area contributed by atoms with Gasteiger partial charge < -0.3 is 29.5 Å². The molecule has 3 aromatic carbocycles. The Bertz CT molecular complexity index is 1050. The number of hydrogen-bond donors (Lipinski definition) is 3. The van der Waals surface area contributed by atoms with Crippen molar-refractivity contribution in [1.29, 1.82) is 0 Å². The van der Waals surface area contributed by atoms with E-state index in [0.29, 0.717) is 11.5 Å². The molecule has 6 nitrogen and oxygen atoms in total. The Morgan fingerprint density at radius 2 is 1.50 bits per heavy atom. The van der Waals surface area contributed by atoms with E-state index in [-0.39, 0.29) is 22.6 Å². The van der Waals surface area contributed by atoms with Crippen LogP contribution in [-0.4, -0.2) is 27.5 Å². The number of fused-ring (bicyclic) bond motifs is 4. The van der Waals surface area contributed by atoms with Crippen LogP contribution in [0.3, 0.4) is 0 Å². The van der Waals surface area contributed by atoms with E-state index in [1.807, 2.05) is 36.4 Å². The van der Waals surface area contributed by atoms with Crippen LogP contribution in [0.4, 0.5) is 0 Å². The van der Waals surface area contributed by atoms with Crippen LogP contribution in [0.5, 0.6) is 23.0 Å². The number of epoxide rings is 1. The first-order valence-corrected chi connectivity index (χ1v) is 8.39. The summed E-state index contributed by atoms with van der Waals surface area (Å²) in [5, 5.41) is 33.2. The van der Waals surface area contributed by atoms with Gasteiger partial charge >= 0.3 is 5.79 Å². The van der Waals surface area contributed by atoms with Gasteiger partial charge in [0.1, 0.15) is 35.2 Å². The summed E-state index contributed by atoms with van der Waals surface area (Å²) in [6, 6.07) is 14.1. The van der Waals surface area contributed by atoms with E-state index in [4.69, 9.17) is 14.2 Å². The summed E-state index contributed by atoms with van der Waals surface area (Å²) in [7, 11) is 0. The van der Waals surface area contributed by atoms with Gasteiger partial charge in [0.2, 0.25) is 0 Å². The van der Waals surface area contributed by atoms with Crippen LogP contribution < -0.4 is 9.47 Å². The molecule has 6 heteroatoms. The summed E-state index contributed by atoms with van der Waals surface area (Å²) < 4.78 is 18.2. The molecule has 130 valence electrons. The zero-order chi connectivity index (χ0) is 17.6. The van der Waals surface area contributed by atoms with E-state index in [0.717, 1.165) is 10.8 Å². The van der Waals surface area contributed by atoms with Crippen LogP contribution in [0.2, 0.25) is 0 Å². The molecule has 1 spiro atoms. The van der Waals surface area contributed by atoms with Gasteiger partial charge in [0.25, 0.3) is 0 Å². The van der Waals surface area contributed by atoms with E-state index in [9.17, 15) is 15.3 Å². The highest BCUT2D eigenvalue weighted by Crippen LogP contribution is 2.60.